The molecule has 1 atom stereocenters. The van der Waals surface area contributed by atoms with Gasteiger partial charge >= 0.3 is 5.97 Å². The number of carbonyl (C=O) groups excluding carboxylic acids is 1. The number of carbonyl (C=O) groups is 1. The molecule has 0 bridgehead atoms. The lowest BCUT2D eigenvalue weighted by atomic mass is 10.0. The minimum Gasteiger partial charge on any atom is -0.468 e. The van der Waals surface area contributed by atoms with Crippen LogP contribution in [0.2, 0.25) is 0 Å². The van der Waals surface area contributed by atoms with Gasteiger partial charge in [0.2, 0.25) is 0 Å². The molecule has 1 aromatic heterocycles. The molecule has 2 aromatic rings. The molecule has 0 amide bonds. The highest BCUT2D eigenvalue weighted by Crippen LogP contribution is 2.23. The summed E-state index contributed by atoms with van der Waals surface area (Å²) in [5.74, 6) is -0.122. The van der Waals surface area contributed by atoms with Crippen LogP contribution in [-0.4, -0.2) is 35.5 Å². The molecule has 1 aliphatic heterocycles. The molecule has 4 nitrogen and oxygen atoms in total. The Kier molecular flexibility index (Phi) is 4.15. The summed E-state index contributed by atoms with van der Waals surface area (Å²) in [6, 6.07) is 10.1. The Hall–Kier alpha value is -1.94. The zero-order valence-corrected chi connectivity index (χ0v) is 12.3. The van der Waals surface area contributed by atoms with Gasteiger partial charge in [-0.1, -0.05) is 30.7 Å². The Morgan fingerprint density at radius 1 is 1.33 bits per heavy atom. The van der Waals surface area contributed by atoms with Crippen molar-refractivity contribution in [3.05, 3.63) is 42.1 Å². The van der Waals surface area contributed by atoms with Crippen molar-refractivity contribution in [1.82, 2.24) is 9.88 Å². The molecular weight excluding hydrogens is 264 g/mol. The summed E-state index contributed by atoms with van der Waals surface area (Å²) >= 11 is 0. The van der Waals surface area contributed by atoms with Crippen LogP contribution in [0, 0.1) is 0 Å². The molecule has 4 heteroatoms. The van der Waals surface area contributed by atoms with Gasteiger partial charge in [-0.15, -0.1) is 0 Å². The summed E-state index contributed by atoms with van der Waals surface area (Å²) in [6.45, 7) is 1.68. The lowest BCUT2D eigenvalue weighted by Crippen LogP contribution is -2.44. The second-order valence-corrected chi connectivity index (χ2v) is 5.50. The number of nitrogens with zero attached hydrogens (tertiary/aromatic N) is 2. The van der Waals surface area contributed by atoms with E-state index in [4.69, 9.17) is 4.74 Å². The molecular formula is C17H20N2O2. The Balaban J connectivity index is 1.88. The number of rotatable bonds is 3. The van der Waals surface area contributed by atoms with Crippen molar-refractivity contribution in [3.63, 3.8) is 0 Å². The molecule has 1 aliphatic rings. The summed E-state index contributed by atoms with van der Waals surface area (Å²) < 4.78 is 4.95. The maximum absolute atomic E-state index is 12.0. The van der Waals surface area contributed by atoms with Gasteiger partial charge < -0.3 is 4.74 Å². The van der Waals surface area contributed by atoms with Crippen molar-refractivity contribution in [3.8, 4) is 0 Å². The quantitative estimate of drug-likeness (QED) is 0.813. The van der Waals surface area contributed by atoms with Gasteiger partial charge in [-0.25, -0.2) is 0 Å². The fourth-order valence-electron chi connectivity index (χ4n) is 3.10. The van der Waals surface area contributed by atoms with E-state index in [0.717, 1.165) is 43.3 Å². The van der Waals surface area contributed by atoms with E-state index in [0.29, 0.717) is 0 Å². The average molecular weight is 284 g/mol. The van der Waals surface area contributed by atoms with E-state index in [9.17, 15) is 4.79 Å². The number of methoxy groups -OCH3 is 1. The van der Waals surface area contributed by atoms with E-state index in [-0.39, 0.29) is 12.0 Å². The predicted octanol–water partition coefficient (Wildman–Crippen LogP) is 2.76. The van der Waals surface area contributed by atoms with E-state index in [1.165, 1.54) is 12.7 Å². The molecule has 1 fully saturated rings. The highest BCUT2D eigenvalue weighted by atomic mass is 16.5. The van der Waals surface area contributed by atoms with Crippen molar-refractivity contribution < 1.29 is 9.53 Å². The van der Waals surface area contributed by atoms with Crippen LogP contribution in [0.1, 0.15) is 24.8 Å². The number of piperidine rings is 1. The minimum absolute atomic E-state index is 0.122. The van der Waals surface area contributed by atoms with Crippen LogP contribution < -0.4 is 0 Å². The molecule has 2 heterocycles. The van der Waals surface area contributed by atoms with Gasteiger partial charge in [0.15, 0.2) is 0 Å². The molecule has 0 spiro atoms. The van der Waals surface area contributed by atoms with E-state index in [1.54, 1.807) is 0 Å². The zero-order chi connectivity index (χ0) is 14.7. The average Bonchev–Trinajstić information content (AvgIpc) is 2.55. The third kappa shape index (κ3) is 2.90. The summed E-state index contributed by atoms with van der Waals surface area (Å²) in [6.07, 6.45) is 4.92. The topological polar surface area (TPSA) is 42.4 Å². The predicted molar refractivity (Wildman–Crippen MR) is 81.8 cm³/mol. The number of para-hydroxylation sites is 1. The first-order chi connectivity index (χ1) is 10.3. The van der Waals surface area contributed by atoms with Crippen LogP contribution in [0.25, 0.3) is 10.9 Å². The second kappa shape index (κ2) is 6.22. The summed E-state index contributed by atoms with van der Waals surface area (Å²) in [7, 11) is 1.47. The SMILES string of the molecule is COC(=O)[C@H]1CCCCN1Cc1cccc2cccnc12. The number of ether oxygens (including phenoxy) is 1. The van der Waals surface area contributed by atoms with Gasteiger partial charge in [-0.3, -0.25) is 14.7 Å². The first kappa shape index (κ1) is 14.0. The van der Waals surface area contributed by atoms with Crippen LogP contribution >= 0.6 is 0 Å². The number of fused-ring (bicyclic) bond motifs is 1. The number of aromatic nitrogens is 1. The third-order valence-corrected chi connectivity index (χ3v) is 4.18. The third-order valence-electron chi connectivity index (χ3n) is 4.18. The Bertz CT molecular complexity index is 636. The maximum Gasteiger partial charge on any atom is 0.323 e. The van der Waals surface area contributed by atoms with E-state index < -0.39 is 0 Å². The fourth-order valence-corrected chi connectivity index (χ4v) is 3.10. The maximum atomic E-state index is 12.0. The van der Waals surface area contributed by atoms with Crippen LogP contribution in [0.4, 0.5) is 0 Å². The van der Waals surface area contributed by atoms with Gasteiger partial charge in [0, 0.05) is 18.1 Å². The molecule has 0 N–H and O–H groups in total. The number of pyridine rings is 1. The van der Waals surface area contributed by atoms with Crippen LogP contribution in [0.3, 0.4) is 0 Å². The minimum atomic E-state index is -0.122. The van der Waals surface area contributed by atoms with Crippen molar-refractivity contribution in [2.24, 2.45) is 0 Å². The number of benzene rings is 1. The molecule has 0 radical (unpaired) electrons. The van der Waals surface area contributed by atoms with Crippen molar-refractivity contribution >= 4 is 16.9 Å². The lowest BCUT2D eigenvalue weighted by Gasteiger charge is -2.33. The zero-order valence-electron chi connectivity index (χ0n) is 12.3. The van der Waals surface area contributed by atoms with E-state index in [2.05, 4.69) is 34.1 Å². The number of hydrogen-bond donors (Lipinski definition) is 0. The summed E-state index contributed by atoms with van der Waals surface area (Å²) in [5.41, 5.74) is 2.19. The molecule has 21 heavy (non-hydrogen) atoms. The number of likely N-dealkylation sites (tertiary alicyclic amines) is 1. The molecule has 0 unspecified atom stereocenters. The van der Waals surface area contributed by atoms with Crippen molar-refractivity contribution in [2.45, 2.75) is 31.8 Å². The highest BCUT2D eigenvalue weighted by Gasteiger charge is 2.29. The molecule has 1 aromatic carbocycles. The van der Waals surface area contributed by atoms with Gasteiger partial charge in [0.05, 0.1) is 12.6 Å². The smallest absolute Gasteiger partial charge is 0.323 e. The molecule has 1 saturated heterocycles. The number of esters is 1. The largest absolute Gasteiger partial charge is 0.468 e. The fraction of sp³-hybridized carbons (Fsp3) is 0.412. The van der Waals surface area contributed by atoms with E-state index in [1.807, 2.05) is 12.3 Å². The van der Waals surface area contributed by atoms with Crippen LogP contribution in [-0.2, 0) is 16.1 Å². The van der Waals surface area contributed by atoms with Gasteiger partial charge in [-0.05, 0) is 31.0 Å². The van der Waals surface area contributed by atoms with Gasteiger partial charge in [0.1, 0.15) is 6.04 Å². The van der Waals surface area contributed by atoms with Crippen molar-refractivity contribution in [1.29, 1.82) is 0 Å². The second-order valence-electron chi connectivity index (χ2n) is 5.50. The van der Waals surface area contributed by atoms with Crippen molar-refractivity contribution in [2.75, 3.05) is 13.7 Å². The molecule has 0 saturated carbocycles. The van der Waals surface area contributed by atoms with E-state index >= 15 is 0 Å². The Morgan fingerprint density at radius 3 is 3.05 bits per heavy atom. The van der Waals surface area contributed by atoms with Crippen LogP contribution in [0.5, 0.6) is 0 Å². The lowest BCUT2D eigenvalue weighted by molar-refractivity contribution is -0.148. The van der Waals surface area contributed by atoms with Gasteiger partial charge in [0.25, 0.3) is 0 Å². The molecule has 3 rings (SSSR count). The normalized spacial score (nSPS) is 19.6. The molecule has 0 aliphatic carbocycles. The number of hydrogen-bond acceptors (Lipinski definition) is 4. The first-order valence-corrected chi connectivity index (χ1v) is 7.44. The Labute approximate surface area is 124 Å². The van der Waals surface area contributed by atoms with Gasteiger partial charge in [-0.2, -0.15) is 0 Å². The molecule has 110 valence electrons. The van der Waals surface area contributed by atoms with Crippen LogP contribution in [0.15, 0.2) is 36.5 Å². The monoisotopic (exact) mass is 284 g/mol. The standard InChI is InChI=1S/C17H20N2O2/c1-21-17(20)15-9-2-3-11-19(15)12-14-7-4-6-13-8-5-10-18-16(13)14/h4-8,10,15H,2-3,9,11-12H2,1H3/t15-/m1/s1. The summed E-state index contributed by atoms with van der Waals surface area (Å²) in [5, 5.41) is 1.14. The first-order valence-electron chi connectivity index (χ1n) is 7.44. The highest BCUT2D eigenvalue weighted by molar-refractivity contribution is 5.81. The summed E-state index contributed by atoms with van der Waals surface area (Å²) in [4.78, 5) is 18.7. The Morgan fingerprint density at radius 2 is 2.19 bits per heavy atom.